The van der Waals surface area contributed by atoms with Gasteiger partial charge in [-0.1, -0.05) is 6.07 Å². The molecule has 0 aliphatic rings. The molecule has 0 amide bonds. The van der Waals surface area contributed by atoms with E-state index in [4.69, 9.17) is 11.6 Å². The minimum Gasteiger partial charge on any atom is -0.275 e. The van der Waals surface area contributed by atoms with Gasteiger partial charge in [0.05, 0.1) is 4.88 Å². The van der Waals surface area contributed by atoms with Gasteiger partial charge in [0.2, 0.25) is 0 Å². The molecule has 2 aromatic rings. The first-order valence-corrected chi connectivity index (χ1v) is 5.67. The van der Waals surface area contributed by atoms with Crippen molar-refractivity contribution in [3.8, 4) is 10.6 Å². The summed E-state index contributed by atoms with van der Waals surface area (Å²) in [5, 5.41) is 5.19. The summed E-state index contributed by atoms with van der Waals surface area (Å²) >= 11 is 6.82. The van der Waals surface area contributed by atoms with E-state index in [1.807, 2.05) is 17.5 Å². The van der Waals surface area contributed by atoms with Crippen LogP contribution in [0.1, 0.15) is 10.4 Å². The summed E-state index contributed by atoms with van der Waals surface area (Å²) in [5.41, 5.74) is 0.0315. The Balaban J connectivity index is 2.67. The maximum atomic E-state index is 11.5. The average molecular weight is 255 g/mol. The lowest BCUT2D eigenvalue weighted by molar-refractivity contribution is 0.107. The van der Waals surface area contributed by atoms with Crippen LogP contribution in [0.2, 0.25) is 0 Å². The van der Waals surface area contributed by atoms with Gasteiger partial charge in [0.15, 0.2) is 0 Å². The van der Waals surface area contributed by atoms with Gasteiger partial charge >= 0.3 is 0 Å². The lowest BCUT2D eigenvalue weighted by atomic mass is 10.2. The van der Waals surface area contributed by atoms with Gasteiger partial charge in [-0.15, -0.1) is 11.3 Å². The van der Waals surface area contributed by atoms with Crippen molar-refractivity contribution in [2.24, 2.45) is 7.05 Å². The van der Waals surface area contributed by atoms with Gasteiger partial charge in [-0.3, -0.25) is 9.59 Å². The van der Waals surface area contributed by atoms with E-state index >= 15 is 0 Å². The molecule has 0 N–H and O–H groups in total. The standard InChI is InChI=1S/C10H7ClN2O2S/c1-13-10(15)6(9(11)14)5-7(12-13)8-3-2-4-16-8/h2-5H,1H3. The first kappa shape index (κ1) is 11.0. The molecule has 2 rings (SSSR count). The van der Waals surface area contributed by atoms with Crippen LogP contribution in [0.25, 0.3) is 10.6 Å². The Bertz CT molecular complexity index is 589. The summed E-state index contributed by atoms with van der Waals surface area (Å²) < 4.78 is 1.12. The van der Waals surface area contributed by atoms with Crippen molar-refractivity contribution in [2.45, 2.75) is 0 Å². The first-order chi connectivity index (χ1) is 7.59. The zero-order chi connectivity index (χ0) is 11.7. The number of aromatic nitrogens is 2. The van der Waals surface area contributed by atoms with E-state index in [1.165, 1.54) is 24.5 Å². The number of rotatable bonds is 2. The molecule has 2 aromatic heterocycles. The number of carbonyl (C=O) groups excluding carboxylic acids is 1. The van der Waals surface area contributed by atoms with Crippen LogP contribution in [0.3, 0.4) is 0 Å². The lowest BCUT2D eigenvalue weighted by Gasteiger charge is -2.02. The molecule has 0 aliphatic carbocycles. The van der Waals surface area contributed by atoms with Crippen molar-refractivity contribution in [3.05, 3.63) is 39.5 Å². The van der Waals surface area contributed by atoms with Crippen molar-refractivity contribution < 1.29 is 4.79 Å². The van der Waals surface area contributed by atoms with E-state index in [2.05, 4.69) is 5.10 Å². The molecule has 0 bridgehead atoms. The summed E-state index contributed by atoms with van der Waals surface area (Å²) in [7, 11) is 1.49. The van der Waals surface area contributed by atoms with Crippen molar-refractivity contribution >= 4 is 28.2 Å². The predicted molar refractivity (Wildman–Crippen MR) is 63.0 cm³/mol. The minimum absolute atomic E-state index is 0.0532. The zero-order valence-electron chi connectivity index (χ0n) is 8.31. The molecule has 4 nitrogen and oxygen atoms in total. The van der Waals surface area contributed by atoms with Gasteiger partial charge in [-0.2, -0.15) is 5.10 Å². The van der Waals surface area contributed by atoms with Crippen LogP contribution in [-0.2, 0) is 7.05 Å². The molecule has 0 atom stereocenters. The summed E-state index contributed by atoms with van der Waals surface area (Å²) in [6.45, 7) is 0. The first-order valence-electron chi connectivity index (χ1n) is 4.41. The number of halogens is 1. The highest BCUT2D eigenvalue weighted by molar-refractivity contribution is 7.13. The van der Waals surface area contributed by atoms with E-state index in [1.54, 1.807) is 0 Å². The van der Waals surface area contributed by atoms with Crippen LogP contribution in [0.15, 0.2) is 28.4 Å². The van der Waals surface area contributed by atoms with Gasteiger partial charge < -0.3 is 0 Å². The van der Waals surface area contributed by atoms with Gasteiger partial charge in [-0.25, -0.2) is 4.68 Å². The fraction of sp³-hybridized carbons (Fsp3) is 0.100. The van der Waals surface area contributed by atoms with Crippen LogP contribution < -0.4 is 5.56 Å². The highest BCUT2D eigenvalue weighted by Gasteiger charge is 2.13. The van der Waals surface area contributed by atoms with Gasteiger partial charge in [-0.05, 0) is 29.1 Å². The Labute approximate surface area is 100 Å². The van der Waals surface area contributed by atoms with Crippen molar-refractivity contribution in [2.75, 3.05) is 0 Å². The highest BCUT2D eigenvalue weighted by atomic mass is 35.5. The largest absolute Gasteiger partial charge is 0.278 e. The molecule has 0 spiro atoms. The molecular weight excluding hydrogens is 248 g/mol. The number of thiophene rings is 1. The van der Waals surface area contributed by atoms with Crippen LogP contribution in [-0.4, -0.2) is 15.0 Å². The number of nitrogens with zero attached hydrogens (tertiary/aromatic N) is 2. The predicted octanol–water partition coefficient (Wildman–Crippen LogP) is 1.89. The Morgan fingerprint density at radius 1 is 1.56 bits per heavy atom. The third-order valence-corrected chi connectivity index (χ3v) is 3.14. The molecule has 0 radical (unpaired) electrons. The molecule has 0 fully saturated rings. The Morgan fingerprint density at radius 3 is 2.88 bits per heavy atom. The second kappa shape index (κ2) is 4.19. The summed E-state index contributed by atoms with van der Waals surface area (Å²) in [5.74, 6) is 0. The van der Waals surface area contributed by atoms with Crippen LogP contribution in [0, 0.1) is 0 Å². The van der Waals surface area contributed by atoms with E-state index in [0.29, 0.717) is 5.69 Å². The molecule has 0 saturated carbocycles. The van der Waals surface area contributed by atoms with Crippen molar-refractivity contribution in [1.82, 2.24) is 9.78 Å². The SMILES string of the molecule is Cn1nc(-c2cccs2)cc(C(=O)Cl)c1=O. The Kier molecular flexibility index (Phi) is 2.89. The normalized spacial score (nSPS) is 10.4. The second-order valence-electron chi connectivity index (χ2n) is 3.12. The van der Waals surface area contributed by atoms with Crippen LogP contribution in [0.5, 0.6) is 0 Å². The number of hydrogen-bond donors (Lipinski definition) is 0. The fourth-order valence-electron chi connectivity index (χ4n) is 1.29. The number of hydrogen-bond acceptors (Lipinski definition) is 4. The molecule has 0 saturated heterocycles. The van der Waals surface area contributed by atoms with Gasteiger partial charge in [0.25, 0.3) is 10.8 Å². The third kappa shape index (κ3) is 1.91. The number of aryl methyl sites for hydroxylation is 1. The summed E-state index contributed by atoms with van der Waals surface area (Å²) in [6, 6.07) is 5.15. The monoisotopic (exact) mass is 254 g/mol. The summed E-state index contributed by atoms with van der Waals surface area (Å²) in [6.07, 6.45) is 0. The van der Waals surface area contributed by atoms with Crippen molar-refractivity contribution in [1.29, 1.82) is 0 Å². The molecular formula is C10H7ClN2O2S. The third-order valence-electron chi connectivity index (χ3n) is 2.05. The molecule has 16 heavy (non-hydrogen) atoms. The summed E-state index contributed by atoms with van der Waals surface area (Å²) in [4.78, 5) is 23.5. The molecule has 2 heterocycles. The maximum Gasteiger partial charge on any atom is 0.278 e. The second-order valence-corrected chi connectivity index (χ2v) is 4.41. The van der Waals surface area contributed by atoms with Gasteiger partial charge in [0.1, 0.15) is 11.3 Å². The smallest absolute Gasteiger partial charge is 0.275 e. The topological polar surface area (TPSA) is 52.0 Å². The lowest BCUT2D eigenvalue weighted by Crippen LogP contribution is -2.25. The zero-order valence-corrected chi connectivity index (χ0v) is 9.88. The van der Waals surface area contributed by atoms with Crippen LogP contribution >= 0.6 is 22.9 Å². The van der Waals surface area contributed by atoms with Gasteiger partial charge in [0, 0.05) is 7.05 Å². The minimum atomic E-state index is -0.763. The van der Waals surface area contributed by atoms with E-state index in [0.717, 1.165) is 9.56 Å². The van der Waals surface area contributed by atoms with E-state index < -0.39 is 10.8 Å². The fourth-order valence-corrected chi connectivity index (χ4v) is 2.11. The van der Waals surface area contributed by atoms with Crippen LogP contribution in [0.4, 0.5) is 0 Å². The molecule has 0 aliphatic heterocycles. The average Bonchev–Trinajstić information content (AvgIpc) is 2.74. The molecule has 0 aromatic carbocycles. The van der Waals surface area contributed by atoms with Crippen molar-refractivity contribution in [3.63, 3.8) is 0 Å². The molecule has 0 unspecified atom stereocenters. The quantitative estimate of drug-likeness (QED) is 0.769. The van der Waals surface area contributed by atoms with E-state index in [9.17, 15) is 9.59 Å². The Morgan fingerprint density at radius 2 is 2.31 bits per heavy atom. The molecule has 6 heteroatoms. The maximum absolute atomic E-state index is 11.5. The number of carbonyl (C=O) groups is 1. The Hall–Kier alpha value is -1.46. The van der Waals surface area contributed by atoms with E-state index in [-0.39, 0.29) is 5.56 Å². The molecule has 82 valence electrons. The highest BCUT2D eigenvalue weighted by Crippen LogP contribution is 2.22.